The molecule has 0 fully saturated rings. The molecule has 0 aliphatic rings. The van der Waals surface area contributed by atoms with E-state index in [1.807, 2.05) is 0 Å². The second-order valence-electron chi connectivity index (χ2n) is 4.16. The molecule has 1 aromatic heterocycles. The van der Waals surface area contributed by atoms with Crippen LogP contribution in [0.2, 0.25) is 0 Å². The van der Waals surface area contributed by atoms with Crippen LogP contribution in [0.4, 0.5) is 17.6 Å². The third-order valence-corrected chi connectivity index (χ3v) is 2.66. The summed E-state index contributed by atoms with van der Waals surface area (Å²) >= 11 is 0. The molecule has 0 saturated carbocycles. The van der Waals surface area contributed by atoms with E-state index in [9.17, 15) is 22.4 Å². The van der Waals surface area contributed by atoms with Crippen LogP contribution in [0.1, 0.15) is 21.6 Å². The van der Waals surface area contributed by atoms with Gasteiger partial charge >= 0.3 is 6.18 Å². The van der Waals surface area contributed by atoms with E-state index < -0.39 is 17.6 Å². The minimum Gasteiger partial charge on any atom is -0.292 e. The minimum absolute atomic E-state index is 0.0753. The van der Waals surface area contributed by atoms with Crippen molar-refractivity contribution in [3.63, 3.8) is 0 Å². The topological polar surface area (TPSA) is 30.0 Å². The van der Waals surface area contributed by atoms with E-state index >= 15 is 0 Å². The van der Waals surface area contributed by atoms with Crippen LogP contribution >= 0.6 is 0 Å². The number of Topliss-reactive ketones (excluding diaryl/α,β-unsaturated/α-hetero) is 1. The summed E-state index contributed by atoms with van der Waals surface area (Å²) in [6.07, 6.45) is -3.57. The van der Waals surface area contributed by atoms with Gasteiger partial charge in [0.1, 0.15) is 11.5 Å². The molecule has 6 heteroatoms. The van der Waals surface area contributed by atoms with Crippen LogP contribution in [-0.4, -0.2) is 10.8 Å². The summed E-state index contributed by atoms with van der Waals surface area (Å²) in [7, 11) is 0. The maximum atomic E-state index is 12.7. The third-order valence-electron chi connectivity index (χ3n) is 2.66. The molecule has 1 aromatic carbocycles. The van der Waals surface area contributed by atoms with Crippen LogP contribution in [0.15, 0.2) is 42.6 Å². The molecule has 0 aliphatic heterocycles. The third kappa shape index (κ3) is 3.40. The summed E-state index contributed by atoms with van der Waals surface area (Å²) in [6.45, 7) is 0. The highest BCUT2D eigenvalue weighted by Gasteiger charge is 2.29. The van der Waals surface area contributed by atoms with Gasteiger partial charge in [-0.25, -0.2) is 4.39 Å². The molecule has 1 heterocycles. The summed E-state index contributed by atoms with van der Waals surface area (Å²) < 4.78 is 49.8. The van der Waals surface area contributed by atoms with Gasteiger partial charge in [0.05, 0.1) is 11.8 Å². The Labute approximate surface area is 112 Å². The highest BCUT2D eigenvalue weighted by molar-refractivity contribution is 5.95. The number of nitrogens with zero attached hydrogens (tertiary/aromatic N) is 1. The van der Waals surface area contributed by atoms with Gasteiger partial charge in [-0.1, -0.05) is 12.1 Å². The van der Waals surface area contributed by atoms with Crippen molar-refractivity contribution in [3.8, 4) is 0 Å². The number of hydrogen-bond donors (Lipinski definition) is 0. The van der Waals surface area contributed by atoms with Gasteiger partial charge in [0.15, 0.2) is 5.78 Å². The van der Waals surface area contributed by atoms with Gasteiger partial charge in [-0.15, -0.1) is 0 Å². The molecule has 20 heavy (non-hydrogen) atoms. The molecule has 104 valence electrons. The largest absolute Gasteiger partial charge is 0.416 e. The molecule has 0 aliphatic carbocycles. The summed E-state index contributed by atoms with van der Waals surface area (Å²) in [5, 5.41) is 0. The zero-order valence-electron chi connectivity index (χ0n) is 10.1. The van der Waals surface area contributed by atoms with Gasteiger partial charge in [0.25, 0.3) is 0 Å². The number of rotatable bonds is 3. The maximum absolute atomic E-state index is 12.7. The van der Waals surface area contributed by atoms with Gasteiger partial charge < -0.3 is 0 Å². The molecule has 0 unspecified atom stereocenters. The highest BCUT2D eigenvalue weighted by atomic mass is 19.4. The zero-order valence-corrected chi connectivity index (χ0v) is 10.1. The minimum atomic E-state index is -4.40. The first kappa shape index (κ1) is 14.2. The van der Waals surface area contributed by atoms with E-state index in [1.165, 1.54) is 18.2 Å². The smallest absolute Gasteiger partial charge is 0.292 e. The second kappa shape index (κ2) is 5.40. The first-order valence-electron chi connectivity index (χ1n) is 5.67. The fourth-order valence-corrected chi connectivity index (χ4v) is 1.63. The summed E-state index contributed by atoms with van der Waals surface area (Å²) in [4.78, 5) is 15.4. The van der Waals surface area contributed by atoms with Crippen molar-refractivity contribution in [1.82, 2.24) is 4.98 Å². The van der Waals surface area contributed by atoms with Crippen LogP contribution in [-0.2, 0) is 12.6 Å². The number of halogens is 4. The number of benzene rings is 1. The quantitative estimate of drug-likeness (QED) is 0.635. The number of aromatic nitrogens is 1. The number of alkyl halides is 3. The Morgan fingerprint density at radius 3 is 2.20 bits per heavy atom. The highest BCUT2D eigenvalue weighted by Crippen LogP contribution is 2.29. The fraction of sp³-hybridized carbons (Fsp3) is 0.143. The van der Waals surface area contributed by atoms with Gasteiger partial charge in [0, 0.05) is 6.42 Å². The average molecular weight is 283 g/mol. The molecule has 0 bridgehead atoms. The summed E-state index contributed by atoms with van der Waals surface area (Å²) in [5.74, 6) is -0.944. The van der Waals surface area contributed by atoms with Crippen LogP contribution in [0.5, 0.6) is 0 Å². The van der Waals surface area contributed by atoms with Crippen molar-refractivity contribution in [2.45, 2.75) is 12.6 Å². The maximum Gasteiger partial charge on any atom is 0.416 e. The Morgan fingerprint density at radius 1 is 1.05 bits per heavy atom. The molecule has 2 aromatic rings. The van der Waals surface area contributed by atoms with Gasteiger partial charge in [-0.3, -0.25) is 9.78 Å². The molecule has 0 radical (unpaired) electrons. The van der Waals surface area contributed by atoms with Crippen LogP contribution in [0.3, 0.4) is 0 Å². The van der Waals surface area contributed by atoms with Crippen LogP contribution in [0.25, 0.3) is 0 Å². The lowest BCUT2D eigenvalue weighted by Crippen LogP contribution is -2.08. The first-order chi connectivity index (χ1) is 9.36. The monoisotopic (exact) mass is 283 g/mol. The fourth-order valence-electron chi connectivity index (χ4n) is 1.63. The Bertz CT molecular complexity index is 603. The predicted octanol–water partition coefficient (Wildman–Crippen LogP) is 3.66. The summed E-state index contributed by atoms with van der Waals surface area (Å²) in [5.41, 5.74) is -0.256. The van der Waals surface area contributed by atoms with Gasteiger partial charge in [-0.05, 0) is 29.8 Å². The van der Waals surface area contributed by atoms with Crippen molar-refractivity contribution in [2.24, 2.45) is 0 Å². The van der Waals surface area contributed by atoms with Crippen LogP contribution < -0.4 is 0 Å². The Hall–Kier alpha value is -2.24. The van der Waals surface area contributed by atoms with E-state index in [1.54, 1.807) is 0 Å². The van der Waals surface area contributed by atoms with E-state index in [2.05, 4.69) is 4.98 Å². The van der Waals surface area contributed by atoms with E-state index in [0.29, 0.717) is 5.56 Å². The molecule has 0 amide bonds. The normalized spacial score (nSPS) is 11.4. The number of ketones is 1. The van der Waals surface area contributed by atoms with Gasteiger partial charge in [-0.2, -0.15) is 13.2 Å². The number of hydrogen-bond acceptors (Lipinski definition) is 2. The number of carbonyl (C=O) groups excluding carboxylic acids is 1. The molecular formula is C14H9F4NO. The molecule has 0 atom stereocenters. The Kier molecular flexibility index (Phi) is 3.83. The molecule has 0 saturated heterocycles. The zero-order chi connectivity index (χ0) is 14.8. The predicted molar refractivity (Wildman–Crippen MR) is 63.7 cm³/mol. The lowest BCUT2D eigenvalue weighted by molar-refractivity contribution is -0.137. The molecule has 0 spiro atoms. The van der Waals surface area contributed by atoms with E-state index in [4.69, 9.17) is 0 Å². The van der Waals surface area contributed by atoms with Crippen LogP contribution in [0, 0.1) is 5.82 Å². The Morgan fingerprint density at radius 2 is 1.70 bits per heavy atom. The summed E-state index contributed by atoms with van der Waals surface area (Å²) in [6, 6.07) is 6.66. The van der Waals surface area contributed by atoms with Crippen molar-refractivity contribution >= 4 is 5.78 Å². The second-order valence-corrected chi connectivity index (χ2v) is 4.16. The molecular weight excluding hydrogens is 274 g/mol. The van der Waals surface area contributed by atoms with Crippen molar-refractivity contribution in [2.75, 3.05) is 0 Å². The SMILES string of the molecule is O=C(Cc1ccc(C(F)(F)F)cc1)c1ccc(F)cn1. The average Bonchev–Trinajstić information content (AvgIpc) is 2.39. The van der Waals surface area contributed by atoms with E-state index in [-0.39, 0.29) is 17.9 Å². The van der Waals surface area contributed by atoms with Crippen molar-refractivity contribution in [1.29, 1.82) is 0 Å². The number of pyridine rings is 1. The standard InChI is InChI=1S/C14H9F4NO/c15-11-5-6-12(19-8-11)13(20)7-9-1-3-10(4-2-9)14(16,17)18/h1-6,8H,7H2. The number of carbonyl (C=O) groups is 1. The molecule has 2 rings (SSSR count). The molecule has 2 nitrogen and oxygen atoms in total. The lowest BCUT2D eigenvalue weighted by Gasteiger charge is -2.07. The van der Waals surface area contributed by atoms with Crippen molar-refractivity contribution in [3.05, 3.63) is 65.2 Å². The van der Waals surface area contributed by atoms with E-state index in [0.717, 1.165) is 24.4 Å². The lowest BCUT2D eigenvalue weighted by atomic mass is 10.0. The van der Waals surface area contributed by atoms with Crippen molar-refractivity contribution < 1.29 is 22.4 Å². The van der Waals surface area contributed by atoms with Gasteiger partial charge in [0.2, 0.25) is 0 Å². The first-order valence-corrected chi connectivity index (χ1v) is 5.67. The molecule has 0 N–H and O–H groups in total. The Balaban J connectivity index is 2.10.